The number of fused-ring (bicyclic) bond motifs is 3. The molecule has 110 valence electrons. The highest BCUT2D eigenvalue weighted by atomic mass is 35.5. The van der Waals surface area contributed by atoms with Crippen LogP contribution in [-0.2, 0) is 18.9 Å². The minimum Gasteiger partial charge on any atom is -0.497 e. The largest absolute Gasteiger partial charge is 0.497 e. The molecule has 1 aliphatic carbocycles. The molecule has 0 atom stereocenters. The van der Waals surface area contributed by atoms with Crippen LogP contribution in [-0.4, -0.2) is 16.7 Å². The molecule has 0 fully saturated rings. The zero-order valence-electron chi connectivity index (χ0n) is 12.5. The van der Waals surface area contributed by atoms with E-state index in [0.717, 1.165) is 28.9 Å². The summed E-state index contributed by atoms with van der Waals surface area (Å²) >= 11 is 6.10. The summed E-state index contributed by atoms with van der Waals surface area (Å²) in [5.41, 5.74) is 3.15. The van der Waals surface area contributed by atoms with E-state index in [1.165, 1.54) is 4.57 Å². The normalized spacial score (nSPS) is 15.3. The highest BCUT2D eigenvalue weighted by Crippen LogP contribution is 2.41. The summed E-state index contributed by atoms with van der Waals surface area (Å²) in [6.45, 7) is 4.12. The van der Waals surface area contributed by atoms with E-state index in [1.54, 1.807) is 14.2 Å². The number of benzene rings is 1. The average Bonchev–Trinajstić information content (AvgIpc) is 2.42. The third-order valence-corrected chi connectivity index (χ3v) is 4.45. The molecule has 0 saturated carbocycles. The van der Waals surface area contributed by atoms with E-state index in [4.69, 9.17) is 16.3 Å². The predicted molar refractivity (Wildman–Crippen MR) is 83.2 cm³/mol. The average molecular weight is 305 g/mol. The first-order valence-corrected chi connectivity index (χ1v) is 7.17. The van der Waals surface area contributed by atoms with Crippen molar-refractivity contribution >= 4 is 11.6 Å². The van der Waals surface area contributed by atoms with Crippen molar-refractivity contribution < 1.29 is 4.74 Å². The van der Waals surface area contributed by atoms with Crippen LogP contribution in [0.25, 0.3) is 11.3 Å². The van der Waals surface area contributed by atoms with Crippen molar-refractivity contribution in [3.05, 3.63) is 45.0 Å². The van der Waals surface area contributed by atoms with Crippen molar-refractivity contribution in [1.29, 1.82) is 0 Å². The molecule has 0 amide bonds. The van der Waals surface area contributed by atoms with Crippen molar-refractivity contribution in [3.63, 3.8) is 0 Å². The summed E-state index contributed by atoms with van der Waals surface area (Å²) in [5, 5.41) is 0.207. The first-order chi connectivity index (χ1) is 9.85. The van der Waals surface area contributed by atoms with Gasteiger partial charge in [0.2, 0.25) is 5.28 Å². The molecule has 1 heterocycles. The molecule has 0 saturated heterocycles. The number of hydrogen-bond acceptors (Lipinski definition) is 3. The molecule has 0 spiro atoms. The van der Waals surface area contributed by atoms with Crippen LogP contribution in [0.4, 0.5) is 0 Å². The van der Waals surface area contributed by atoms with Gasteiger partial charge in [0.25, 0.3) is 5.56 Å². The van der Waals surface area contributed by atoms with Crippen molar-refractivity contribution in [2.24, 2.45) is 7.05 Å². The minimum atomic E-state index is -0.291. The van der Waals surface area contributed by atoms with Crippen LogP contribution in [0, 0.1) is 0 Å². The van der Waals surface area contributed by atoms with Crippen LogP contribution in [0.5, 0.6) is 5.75 Å². The number of methoxy groups -OCH3 is 1. The Balaban J connectivity index is 2.38. The van der Waals surface area contributed by atoms with Crippen molar-refractivity contribution in [2.75, 3.05) is 7.11 Å². The minimum absolute atomic E-state index is 0.0727. The van der Waals surface area contributed by atoms with E-state index in [9.17, 15) is 4.79 Å². The number of nitrogens with zero attached hydrogens (tertiary/aromatic N) is 2. The van der Waals surface area contributed by atoms with Gasteiger partial charge in [-0.25, -0.2) is 4.98 Å². The van der Waals surface area contributed by atoms with Gasteiger partial charge in [-0.05, 0) is 41.8 Å². The molecule has 0 radical (unpaired) electrons. The Hall–Kier alpha value is -1.81. The number of halogens is 1. The van der Waals surface area contributed by atoms with E-state index in [-0.39, 0.29) is 16.3 Å². The van der Waals surface area contributed by atoms with E-state index in [1.807, 2.05) is 18.2 Å². The lowest BCUT2D eigenvalue weighted by Gasteiger charge is -2.33. The summed E-state index contributed by atoms with van der Waals surface area (Å²) < 4.78 is 6.69. The molecule has 0 unspecified atom stereocenters. The van der Waals surface area contributed by atoms with E-state index < -0.39 is 0 Å². The van der Waals surface area contributed by atoms with Gasteiger partial charge in [-0.1, -0.05) is 13.8 Å². The molecule has 21 heavy (non-hydrogen) atoms. The van der Waals surface area contributed by atoms with Crippen molar-refractivity contribution in [1.82, 2.24) is 9.55 Å². The summed E-state index contributed by atoms with van der Waals surface area (Å²) in [4.78, 5) is 17.1. The Morgan fingerprint density at radius 3 is 2.76 bits per heavy atom. The molecule has 2 aromatic rings. The van der Waals surface area contributed by atoms with Gasteiger partial charge < -0.3 is 4.74 Å². The highest BCUT2D eigenvalue weighted by Gasteiger charge is 2.35. The molecular weight excluding hydrogens is 288 g/mol. The lowest BCUT2D eigenvalue weighted by atomic mass is 9.72. The highest BCUT2D eigenvalue weighted by molar-refractivity contribution is 6.28. The van der Waals surface area contributed by atoms with Crippen LogP contribution in [0.2, 0.25) is 5.28 Å². The maximum Gasteiger partial charge on any atom is 0.258 e. The molecule has 5 heteroatoms. The quantitative estimate of drug-likeness (QED) is 0.761. The SMILES string of the molecule is COc1ccc2c(c1)CC(C)(C)c1c-2nc(Cl)n(C)c1=O. The first kappa shape index (κ1) is 14.1. The second-order valence-corrected chi connectivity index (χ2v) is 6.39. The molecule has 0 bridgehead atoms. The van der Waals surface area contributed by atoms with Gasteiger partial charge in [-0.2, -0.15) is 0 Å². The monoisotopic (exact) mass is 304 g/mol. The zero-order chi connectivity index (χ0) is 15.4. The van der Waals surface area contributed by atoms with E-state index in [0.29, 0.717) is 5.69 Å². The maximum atomic E-state index is 12.6. The van der Waals surface area contributed by atoms with E-state index >= 15 is 0 Å². The van der Waals surface area contributed by atoms with Gasteiger partial charge in [0.1, 0.15) is 5.75 Å². The molecule has 3 rings (SSSR count). The molecule has 1 aromatic carbocycles. The molecule has 4 nitrogen and oxygen atoms in total. The Labute approximate surface area is 128 Å². The Bertz CT molecular complexity index is 794. The van der Waals surface area contributed by atoms with Crippen LogP contribution < -0.4 is 10.3 Å². The van der Waals surface area contributed by atoms with Crippen LogP contribution in [0.15, 0.2) is 23.0 Å². The molecule has 0 N–H and O–H groups in total. The van der Waals surface area contributed by atoms with Crippen LogP contribution in [0.3, 0.4) is 0 Å². The van der Waals surface area contributed by atoms with Gasteiger partial charge in [-0.15, -0.1) is 0 Å². The fourth-order valence-corrected chi connectivity index (χ4v) is 3.18. The lowest BCUT2D eigenvalue weighted by molar-refractivity contribution is 0.413. The van der Waals surface area contributed by atoms with Gasteiger partial charge in [0.15, 0.2) is 0 Å². The van der Waals surface area contributed by atoms with E-state index in [2.05, 4.69) is 18.8 Å². The summed E-state index contributed by atoms with van der Waals surface area (Å²) in [7, 11) is 3.30. The molecule has 0 aliphatic heterocycles. The summed E-state index contributed by atoms with van der Waals surface area (Å²) in [6, 6.07) is 5.84. The van der Waals surface area contributed by atoms with Crippen LogP contribution >= 0.6 is 11.6 Å². The van der Waals surface area contributed by atoms with Crippen molar-refractivity contribution in [2.45, 2.75) is 25.7 Å². The molecule has 1 aliphatic rings. The Kier molecular flexibility index (Phi) is 3.10. The number of hydrogen-bond donors (Lipinski definition) is 0. The predicted octanol–water partition coefficient (Wildman–Crippen LogP) is 2.94. The smallest absolute Gasteiger partial charge is 0.258 e. The number of ether oxygens (including phenoxy) is 1. The fourth-order valence-electron chi connectivity index (χ4n) is 3.02. The molecular formula is C16H17ClN2O2. The Morgan fingerprint density at radius 1 is 1.38 bits per heavy atom. The first-order valence-electron chi connectivity index (χ1n) is 6.79. The second-order valence-electron chi connectivity index (χ2n) is 6.05. The van der Waals surface area contributed by atoms with Gasteiger partial charge in [0.05, 0.1) is 12.8 Å². The third kappa shape index (κ3) is 2.05. The van der Waals surface area contributed by atoms with Crippen LogP contribution in [0.1, 0.15) is 25.0 Å². The third-order valence-electron chi connectivity index (χ3n) is 4.11. The summed E-state index contributed by atoms with van der Waals surface area (Å²) in [6.07, 6.45) is 0.769. The summed E-state index contributed by atoms with van der Waals surface area (Å²) in [5.74, 6) is 0.808. The van der Waals surface area contributed by atoms with Crippen molar-refractivity contribution in [3.8, 4) is 17.0 Å². The maximum absolute atomic E-state index is 12.6. The number of rotatable bonds is 1. The fraction of sp³-hybridized carbons (Fsp3) is 0.375. The lowest BCUT2D eigenvalue weighted by Crippen LogP contribution is -2.37. The number of aromatic nitrogens is 2. The topological polar surface area (TPSA) is 44.1 Å². The molecule has 1 aromatic heterocycles. The zero-order valence-corrected chi connectivity index (χ0v) is 13.3. The standard InChI is InChI=1S/C16H17ClN2O2/c1-16(2)8-9-7-10(21-4)5-6-11(9)13-12(16)14(20)19(3)15(17)18-13/h5-7H,8H2,1-4H3. The van der Waals surface area contributed by atoms with Gasteiger partial charge >= 0.3 is 0 Å². The van der Waals surface area contributed by atoms with Gasteiger partial charge in [-0.3, -0.25) is 9.36 Å². The van der Waals surface area contributed by atoms with Gasteiger partial charge in [0, 0.05) is 23.6 Å². The second kappa shape index (κ2) is 4.60. The Morgan fingerprint density at radius 2 is 2.10 bits per heavy atom.